The van der Waals surface area contributed by atoms with Gasteiger partial charge in [-0.2, -0.15) is 0 Å². The Labute approximate surface area is 78.3 Å². The molecule has 0 bridgehead atoms. The Morgan fingerprint density at radius 2 is 1.77 bits per heavy atom. The molecule has 0 aromatic carbocycles. The molecule has 0 fully saturated rings. The van der Waals surface area contributed by atoms with Gasteiger partial charge in [-0.05, 0) is 24.2 Å². The van der Waals surface area contributed by atoms with Crippen molar-refractivity contribution in [2.45, 2.75) is 24.5 Å². The molecule has 1 aliphatic carbocycles. The normalized spacial score (nSPS) is 30.3. The number of thiol groups is 1. The molecular weight excluding hydrogens is 231 g/mol. The average Bonchev–Trinajstić information content (AvgIpc) is 1.82. The molecule has 0 unspecified atom stereocenters. The lowest BCUT2D eigenvalue weighted by Crippen LogP contribution is -2.25. The summed E-state index contributed by atoms with van der Waals surface area (Å²) in [6.45, 7) is 0. The lowest BCUT2D eigenvalue weighted by Gasteiger charge is -2.47. The highest BCUT2D eigenvalue weighted by atomic mass is 32.5. The summed E-state index contributed by atoms with van der Waals surface area (Å²) in [6, 6.07) is 0. The fraction of sp³-hybridized carbons (Fsp3) is 0.667. The van der Waals surface area contributed by atoms with E-state index in [9.17, 15) is 19.4 Å². The molecule has 0 spiro atoms. The van der Waals surface area contributed by atoms with Crippen LogP contribution in [0.25, 0.3) is 0 Å². The molecule has 0 saturated heterocycles. The Hall–Kier alpha value is 0.0900. The van der Waals surface area contributed by atoms with Crippen LogP contribution in [0.15, 0.2) is 11.0 Å². The first kappa shape index (κ1) is 11.2. The second kappa shape index (κ2) is 2.36. The van der Waals surface area contributed by atoms with Crippen LogP contribution in [0.5, 0.6) is 0 Å². The third-order valence-electron chi connectivity index (χ3n) is 1.87. The van der Waals surface area contributed by atoms with Crippen LogP contribution in [-0.2, 0) is 0 Å². The third kappa shape index (κ3) is 3.05. The molecule has 0 N–H and O–H groups in total. The molecule has 0 aromatic rings. The van der Waals surface area contributed by atoms with Crippen LogP contribution in [0.4, 0.5) is 19.4 Å². The average molecular weight is 240 g/mol. The summed E-state index contributed by atoms with van der Waals surface area (Å²) >= 11 is 3.67. The van der Waals surface area contributed by atoms with E-state index in [2.05, 4.69) is 12.6 Å². The highest BCUT2D eigenvalue weighted by molar-refractivity contribution is 8.46. The van der Waals surface area contributed by atoms with Gasteiger partial charge in [0.1, 0.15) is 5.25 Å². The van der Waals surface area contributed by atoms with E-state index in [1.165, 1.54) is 0 Å². The maximum atomic E-state index is 12.2. The summed E-state index contributed by atoms with van der Waals surface area (Å²) in [5.41, 5.74) is 0. The lowest BCUT2D eigenvalue weighted by atomic mass is 10.1. The van der Waals surface area contributed by atoms with E-state index in [1.807, 2.05) is 0 Å². The molecule has 0 amide bonds. The third-order valence-corrected chi connectivity index (χ3v) is 3.76. The molecular formula is C6H9F5S2. The van der Waals surface area contributed by atoms with E-state index in [-0.39, 0.29) is 11.3 Å². The summed E-state index contributed by atoms with van der Waals surface area (Å²) in [5, 5.41) is -2.58. The number of halogens is 5. The Morgan fingerprint density at radius 1 is 1.23 bits per heavy atom. The van der Waals surface area contributed by atoms with Crippen molar-refractivity contribution in [2.75, 3.05) is 0 Å². The van der Waals surface area contributed by atoms with Crippen LogP contribution < -0.4 is 0 Å². The van der Waals surface area contributed by atoms with Gasteiger partial charge in [-0.3, -0.25) is 0 Å². The Balaban J connectivity index is 3.04. The van der Waals surface area contributed by atoms with Crippen molar-refractivity contribution >= 4 is 22.9 Å². The topological polar surface area (TPSA) is 0 Å². The first-order valence-electron chi connectivity index (χ1n) is 3.61. The van der Waals surface area contributed by atoms with Crippen LogP contribution in [0.3, 0.4) is 0 Å². The predicted molar refractivity (Wildman–Crippen MR) is 47.8 cm³/mol. The van der Waals surface area contributed by atoms with Gasteiger partial charge in [-0.15, -0.1) is 12.6 Å². The van der Waals surface area contributed by atoms with Crippen molar-refractivity contribution in [1.82, 2.24) is 0 Å². The van der Waals surface area contributed by atoms with E-state index < -0.39 is 21.9 Å². The van der Waals surface area contributed by atoms with E-state index in [0.717, 1.165) is 0 Å². The van der Waals surface area contributed by atoms with Gasteiger partial charge in [0, 0.05) is 0 Å². The number of rotatable bonds is 1. The molecule has 0 heterocycles. The molecule has 7 heteroatoms. The summed E-state index contributed by atoms with van der Waals surface area (Å²) < 4.78 is 61.0. The maximum absolute atomic E-state index is 12.2. The van der Waals surface area contributed by atoms with Gasteiger partial charge in [0.15, 0.2) is 0 Å². The smallest absolute Gasteiger partial charge is 0.148 e. The molecule has 0 aromatic heterocycles. The SMILES string of the molecule is FS(F)(F)(F)(F)[C@H]1C=C(S)CCC1. The van der Waals surface area contributed by atoms with Gasteiger partial charge >= 0.3 is 0 Å². The van der Waals surface area contributed by atoms with Crippen molar-refractivity contribution in [2.24, 2.45) is 0 Å². The molecule has 0 aliphatic heterocycles. The summed E-state index contributed by atoms with van der Waals surface area (Å²) in [4.78, 5) is 0.101. The van der Waals surface area contributed by atoms with E-state index >= 15 is 0 Å². The van der Waals surface area contributed by atoms with E-state index in [4.69, 9.17) is 0 Å². The molecule has 0 nitrogen and oxygen atoms in total. The fourth-order valence-corrected chi connectivity index (χ4v) is 2.69. The van der Waals surface area contributed by atoms with Crippen molar-refractivity contribution in [3.05, 3.63) is 11.0 Å². The molecule has 13 heavy (non-hydrogen) atoms. The van der Waals surface area contributed by atoms with Crippen LogP contribution >= 0.6 is 22.9 Å². The molecule has 1 aliphatic rings. The van der Waals surface area contributed by atoms with E-state index in [1.54, 1.807) is 0 Å². The minimum atomic E-state index is -9.32. The molecule has 0 saturated carbocycles. The number of allylic oxidation sites excluding steroid dienone is 1. The van der Waals surface area contributed by atoms with Crippen molar-refractivity contribution in [1.29, 1.82) is 0 Å². The lowest BCUT2D eigenvalue weighted by molar-refractivity contribution is 0.345. The molecule has 1 rings (SSSR count). The zero-order valence-electron chi connectivity index (χ0n) is 6.52. The Morgan fingerprint density at radius 3 is 2.08 bits per heavy atom. The summed E-state index contributed by atoms with van der Waals surface area (Å²) in [6.07, 6.45) is 0.481. The van der Waals surface area contributed by atoms with Crippen molar-refractivity contribution < 1.29 is 19.4 Å². The summed E-state index contributed by atoms with van der Waals surface area (Å²) in [7, 11) is -9.32. The van der Waals surface area contributed by atoms with Crippen LogP contribution in [0, 0.1) is 0 Å². The first-order chi connectivity index (χ1) is 5.49. The second-order valence-electron chi connectivity index (χ2n) is 3.12. The predicted octanol–water partition coefficient (Wildman–Crippen LogP) is 4.65. The van der Waals surface area contributed by atoms with E-state index in [0.29, 0.717) is 12.5 Å². The van der Waals surface area contributed by atoms with Gasteiger partial charge in [-0.25, -0.2) is 0 Å². The zero-order valence-corrected chi connectivity index (χ0v) is 8.23. The monoisotopic (exact) mass is 240 g/mol. The largest absolute Gasteiger partial charge is 0.291 e. The Bertz CT molecular complexity index is 250. The number of hydrogen-bond donors (Lipinski definition) is 1. The molecule has 80 valence electrons. The highest BCUT2D eigenvalue weighted by Crippen LogP contribution is 3.01. The standard InChI is InChI=1S/C6H9F5S2/c7-13(8,9,10,11)6-3-1-2-5(12)4-6/h4,6,12H,1-3H2/t6-/m1/s1. The zero-order chi connectivity index (χ0) is 10.4. The van der Waals surface area contributed by atoms with Crippen LogP contribution in [0.1, 0.15) is 19.3 Å². The van der Waals surface area contributed by atoms with Crippen LogP contribution in [-0.4, -0.2) is 5.25 Å². The highest BCUT2D eigenvalue weighted by Gasteiger charge is 2.69. The Kier molecular flexibility index (Phi) is 2.03. The second-order valence-corrected chi connectivity index (χ2v) is 6.35. The minimum absolute atomic E-state index is 0.101. The quantitative estimate of drug-likeness (QED) is 0.500. The fourth-order valence-electron chi connectivity index (χ4n) is 1.22. The minimum Gasteiger partial charge on any atom is -0.148 e. The van der Waals surface area contributed by atoms with Crippen LogP contribution in [0.2, 0.25) is 0 Å². The van der Waals surface area contributed by atoms with Gasteiger partial charge < -0.3 is 0 Å². The van der Waals surface area contributed by atoms with Gasteiger partial charge in [-0.1, -0.05) is 25.5 Å². The molecule has 0 radical (unpaired) electrons. The maximum Gasteiger partial charge on any atom is 0.291 e. The van der Waals surface area contributed by atoms with Gasteiger partial charge in [0.25, 0.3) is 10.2 Å². The summed E-state index contributed by atoms with van der Waals surface area (Å²) in [5.74, 6) is 0. The van der Waals surface area contributed by atoms with Gasteiger partial charge in [0.2, 0.25) is 0 Å². The van der Waals surface area contributed by atoms with Gasteiger partial charge in [0.05, 0.1) is 0 Å². The first-order valence-corrected chi connectivity index (χ1v) is 6.08. The van der Waals surface area contributed by atoms with Crippen molar-refractivity contribution in [3.8, 4) is 0 Å². The number of hydrogen-bond acceptors (Lipinski definition) is 1. The van der Waals surface area contributed by atoms with Crippen molar-refractivity contribution in [3.63, 3.8) is 0 Å². The molecule has 1 atom stereocenters.